The first-order chi connectivity index (χ1) is 7.72. The van der Waals surface area contributed by atoms with E-state index in [4.69, 9.17) is 4.74 Å². The topological polar surface area (TPSA) is 64.6 Å². The second kappa shape index (κ2) is 7.08. The van der Waals surface area contributed by atoms with Crippen molar-refractivity contribution in [2.45, 2.75) is 6.42 Å². The van der Waals surface area contributed by atoms with E-state index in [1.807, 2.05) is 24.3 Å². The highest BCUT2D eigenvalue weighted by molar-refractivity contribution is 7.67. The minimum Gasteiger partial charge on any atom is -0.497 e. The fourth-order valence-electron chi connectivity index (χ4n) is 1.15. The number of methoxy groups -OCH3 is 1. The first-order valence-electron chi connectivity index (χ1n) is 4.87. The minimum absolute atomic E-state index is 0.210. The third-order valence-corrected chi connectivity index (χ3v) is 2.33. The van der Waals surface area contributed by atoms with Crippen LogP contribution in [0.15, 0.2) is 24.3 Å². The zero-order valence-electron chi connectivity index (χ0n) is 9.01. The summed E-state index contributed by atoms with van der Waals surface area (Å²) in [6.07, 6.45) is 0.634. The summed E-state index contributed by atoms with van der Waals surface area (Å²) < 4.78 is 29.6. The Balaban J connectivity index is 2.21. The van der Waals surface area contributed by atoms with E-state index in [9.17, 15) is 8.42 Å². The fourth-order valence-corrected chi connectivity index (χ4v) is 1.43. The van der Waals surface area contributed by atoms with Gasteiger partial charge in [0.15, 0.2) is 0 Å². The summed E-state index contributed by atoms with van der Waals surface area (Å²) in [5.74, 6) is 0.803. The molecular weight excluding hydrogens is 230 g/mol. The lowest BCUT2D eigenvalue weighted by Gasteiger charge is -2.06. The normalized spacial score (nSPS) is 10.4. The monoisotopic (exact) mass is 245 g/mol. The lowest BCUT2D eigenvalue weighted by molar-refractivity contribution is 0.330. The molecule has 0 saturated heterocycles. The van der Waals surface area contributed by atoms with Crippen LogP contribution in [0.25, 0.3) is 0 Å². The van der Waals surface area contributed by atoms with Crippen molar-refractivity contribution in [2.24, 2.45) is 0 Å². The predicted octanol–water partition coefficient (Wildman–Crippen LogP) is 1.04. The van der Waals surface area contributed by atoms with Gasteiger partial charge >= 0.3 is 0 Å². The van der Waals surface area contributed by atoms with Gasteiger partial charge in [-0.15, -0.1) is 0 Å². The van der Waals surface area contributed by atoms with Crippen LogP contribution in [-0.4, -0.2) is 28.7 Å². The molecule has 0 spiro atoms. The molecule has 0 fully saturated rings. The van der Waals surface area contributed by atoms with E-state index in [1.54, 1.807) is 7.11 Å². The average Bonchev–Trinajstić information content (AvgIpc) is 2.29. The molecule has 1 aromatic carbocycles. The van der Waals surface area contributed by atoms with Crippen molar-refractivity contribution in [3.8, 4) is 5.75 Å². The number of hydrogen-bond acceptors (Lipinski definition) is 5. The fraction of sp³-hybridized carbons (Fsp3) is 0.400. The first-order valence-corrected chi connectivity index (χ1v) is 5.97. The zero-order valence-corrected chi connectivity index (χ0v) is 9.91. The molecule has 6 heteroatoms. The summed E-state index contributed by atoms with van der Waals surface area (Å²) >= 11 is 0. The van der Waals surface area contributed by atoms with Gasteiger partial charge in [-0.3, -0.25) is 4.18 Å². The molecule has 1 N–H and O–H groups in total. The Morgan fingerprint density at radius 3 is 2.50 bits per heavy atom. The number of nitrogens with one attached hydrogen (secondary N) is 1. The molecule has 0 heterocycles. The predicted molar refractivity (Wildman–Crippen MR) is 62.4 cm³/mol. The minimum atomic E-state index is -2.72. The summed E-state index contributed by atoms with van der Waals surface area (Å²) in [5.41, 5.74) is 0.965. The molecule has 0 amide bonds. The van der Waals surface area contributed by atoms with Gasteiger partial charge in [0.2, 0.25) is 0 Å². The van der Waals surface area contributed by atoms with Crippen LogP contribution in [0.3, 0.4) is 0 Å². The van der Waals surface area contributed by atoms with E-state index >= 15 is 0 Å². The molecule has 0 aliphatic carbocycles. The number of hydrogen-bond donors (Lipinski definition) is 2. The molecule has 0 aliphatic rings. The SMILES string of the molecule is COc1ccc(NCCCO[SH](=O)=O)cc1. The molecule has 0 bridgehead atoms. The van der Waals surface area contributed by atoms with E-state index in [0.29, 0.717) is 13.0 Å². The van der Waals surface area contributed by atoms with Crippen LogP contribution in [0.2, 0.25) is 0 Å². The standard InChI is InChI=1S/C10H15NO4S/c1-14-10-5-3-9(4-6-10)11-7-2-8-15-16(12)13/h3-6,11,16H,2,7-8H2,1H3. The van der Waals surface area contributed by atoms with Gasteiger partial charge in [-0.2, -0.15) is 0 Å². The summed E-state index contributed by atoms with van der Waals surface area (Å²) in [6, 6.07) is 7.50. The van der Waals surface area contributed by atoms with Gasteiger partial charge in [0.25, 0.3) is 11.0 Å². The third kappa shape index (κ3) is 4.99. The van der Waals surface area contributed by atoms with Crippen LogP contribution in [0.1, 0.15) is 6.42 Å². The number of benzene rings is 1. The van der Waals surface area contributed by atoms with Crippen LogP contribution in [-0.2, 0) is 15.2 Å². The van der Waals surface area contributed by atoms with E-state index in [-0.39, 0.29) is 6.61 Å². The van der Waals surface area contributed by atoms with Crippen LogP contribution >= 0.6 is 0 Å². The zero-order chi connectivity index (χ0) is 11.8. The molecule has 90 valence electrons. The van der Waals surface area contributed by atoms with Gasteiger partial charge in [-0.25, -0.2) is 8.42 Å². The lowest BCUT2D eigenvalue weighted by Crippen LogP contribution is -2.05. The Morgan fingerprint density at radius 1 is 1.25 bits per heavy atom. The Bertz CT molecular complexity index is 367. The molecule has 0 aromatic heterocycles. The van der Waals surface area contributed by atoms with Crippen molar-refractivity contribution in [1.82, 2.24) is 0 Å². The molecule has 1 rings (SSSR count). The summed E-state index contributed by atoms with van der Waals surface area (Å²) in [4.78, 5) is 0. The Morgan fingerprint density at radius 2 is 1.94 bits per heavy atom. The summed E-state index contributed by atoms with van der Waals surface area (Å²) in [6.45, 7) is 0.872. The van der Waals surface area contributed by atoms with E-state index < -0.39 is 11.0 Å². The molecule has 0 unspecified atom stereocenters. The summed E-state index contributed by atoms with van der Waals surface area (Å²) in [7, 11) is -1.11. The van der Waals surface area contributed by atoms with Crippen molar-refractivity contribution in [2.75, 3.05) is 25.6 Å². The Labute approximate surface area is 96.5 Å². The second-order valence-electron chi connectivity index (χ2n) is 3.07. The lowest BCUT2D eigenvalue weighted by atomic mass is 10.3. The largest absolute Gasteiger partial charge is 0.497 e. The molecule has 1 aromatic rings. The highest BCUT2D eigenvalue weighted by Gasteiger charge is 1.94. The Kier molecular flexibility index (Phi) is 5.66. The number of rotatable bonds is 7. The number of anilines is 1. The number of thiol groups is 1. The second-order valence-corrected chi connectivity index (χ2v) is 3.77. The maximum atomic E-state index is 10.1. The van der Waals surface area contributed by atoms with E-state index in [2.05, 4.69) is 9.50 Å². The van der Waals surface area contributed by atoms with Crippen molar-refractivity contribution >= 4 is 16.7 Å². The molecule has 16 heavy (non-hydrogen) atoms. The highest BCUT2D eigenvalue weighted by Crippen LogP contribution is 2.14. The molecule has 0 aliphatic heterocycles. The van der Waals surface area contributed by atoms with Crippen molar-refractivity contribution < 1.29 is 17.3 Å². The average molecular weight is 245 g/mol. The molecular formula is C10H15NO4S. The van der Waals surface area contributed by atoms with Crippen LogP contribution < -0.4 is 10.1 Å². The quantitative estimate of drug-likeness (QED) is 0.555. The van der Waals surface area contributed by atoms with Crippen LogP contribution in [0.4, 0.5) is 5.69 Å². The van der Waals surface area contributed by atoms with Crippen molar-refractivity contribution in [1.29, 1.82) is 0 Å². The highest BCUT2D eigenvalue weighted by atomic mass is 32.2. The molecule has 5 nitrogen and oxygen atoms in total. The smallest absolute Gasteiger partial charge is 0.257 e. The van der Waals surface area contributed by atoms with Crippen LogP contribution in [0, 0.1) is 0 Å². The third-order valence-electron chi connectivity index (χ3n) is 1.94. The van der Waals surface area contributed by atoms with Gasteiger partial charge in [0, 0.05) is 12.2 Å². The Hall–Kier alpha value is -1.27. The summed E-state index contributed by atoms with van der Waals surface area (Å²) in [5, 5.41) is 3.14. The van der Waals surface area contributed by atoms with Gasteiger partial charge < -0.3 is 10.1 Å². The van der Waals surface area contributed by atoms with Gasteiger partial charge in [0.1, 0.15) is 5.75 Å². The van der Waals surface area contributed by atoms with E-state index in [0.717, 1.165) is 11.4 Å². The maximum Gasteiger partial charge on any atom is 0.257 e. The van der Waals surface area contributed by atoms with Crippen molar-refractivity contribution in [3.63, 3.8) is 0 Å². The van der Waals surface area contributed by atoms with Gasteiger partial charge in [0.05, 0.1) is 13.7 Å². The molecule has 0 radical (unpaired) electrons. The molecule has 0 atom stereocenters. The van der Waals surface area contributed by atoms with Crippen molar-refractivity contribution in [3.05, 3.63) is 24.3 Å². The number of ether oxygens (including phenoxy) is 1. The van der Waals surface area contributed by atoms with Gasteiger partial charge in [-0.05, 0) is 30.7 Å². The maximum absolute atomic E-state index is 10.1. The van der Waals surface area contributed by atoms with Crippen LogP contribution in [0.5, 0.6) is 5.75 Å². The first kappa shape index (κ1) is 12.8. The van der Waals surface area contributed by atoms with E-state index in [1.165, 1.54) is 0 Å². The molecule has 0 saturated carbocycles. The van der Waals surface area contributed by atoms with Gasteiger partial charge in [-0.1, -0.05) is 0 Å².